The number of nitrogens with zero attached hydrogens (tertiary/aromatic N) is 2. The van der Waals surface area contributed by atoms with Crippen LogP contribution in [-0.4, -0.2) is 22.5 Å². The lowest BCUT2D eigenvalue weighted by atomic mass is 10.1. The highest BCUT2D eigenvalue weighted by atomic mass is 16.5. The van der Waals surface area contributed by atoms with E-state index in [9.17, 15) is 4.79 Å². The fraction of sp³-hybridized carbons (Fsp3) is 0.190. The number of ether oxygens (including phenoxy) is 1. The molecule has 1 heterocycles. The second-order valence-electron chi connectivity index (χ2n) is 6.12. The molecule has 0 aliphatic carbocycles. The van der Waals surface area contributed by atoms with Crippen LogP contribution in [-0.2, 0) is 0 Å². The molecule has 3 aromatic rings. The van der Waals surface area contributed by atoms with E-state index in [1.54, 1.807) is 12.3 Å². The lowest BCUT2D eigenvalue weighted by Crippen LogP contribution is -2.15. The smallest absolute Gasteiger partial charge is 0.274 e. The zero-order valence-electron chi connectivity index (χ0n) is 15.6. The van der Waals surface area contributed by atoms with E-state index in [0.717, 1.165) is 28.3 Å². The minimum atomic E-state index is -0.277. The molecule has 6 nitrogen and oxygen atoms in total. The molecular formula is C21H22N4O2. The normalized spacial score (nSPS) is 10.3. The van der Waals surface area contributed by atoms with Gasteiger partial charge in [-0.15, -0.1) is 0 Å². The van der Waals surface area contributed by atoms with Crippen LogP contribution in [0.2, 0.25) is 0 Å². The van der Waals surface area contributed by atoms with Crippen molar-refractivity contribution in [2.75, 3.05) is 17.2 Å². The summed E-state index contributed by atoms with van der Waals surface area (Å²) in [5, 5.41) is 6.00. The van der Waals surface area contributed by atoms with Crippen molar-refractivity contribution in [1.29, 1.82) is 0 Å². The number of amides is 1. The van der Waals surface area contributed by atoms with Crippen LogP contribution in [0.15, 0.2) is 54.7 Å². The quantitative estimate of drug-likeness (QED) is 0.676. The Labute approximate surface area is 158 Å². The van der Waals surface area contributed by atoms with Gasteiger partial charge in [-0.3, -0.25) is 4.79 Å². The third-order valence-electron chi connectivity index (χ3n) is 3.95. The zero-order chi connectivity index (χ0) is 19.2. The Morgan fingerprint density at radius 2 is 1.85 bits per heavy atom. The molecule has 0 aliphatic rings. The van der Waals surface area contributed by atoms with E-state index in [4.69, 9.17) is 4.74 Å². The fourth-order valence-corrected chi connectivity index (χ4v) is 2.53. The number of anilines is 3. The summed E-state index contributed by atoms with van der Waals surface area (Å²) in [6.07, 6.45) is 1.56. The van der Waals surface area contributed by atoms with Crippen molar-refractivity contribution in [3.05, 3.63) is 71.5 Å². The molecule has 3 rings (SSSR count). The predicted octanol–water partition coefficient (Wildman–Crippen LogP) is 4.49. The van der Waals surface area contributed by atoms with Crippen LogP contribution in [0.1, 0.15) is 28.5 Å². The average molecular weight is 362 g/mol. The van der Waals surface area contributed by atoms with Crippen LogP contribution < -0.4 is 15.4 Å². The first-order valence-corrected chi connectivity index (χ1v) is 8.76. The van der Waals surface area contributed by atoms with Gasteiger partial charge in [-0.05, 0) is 68.3 Å². The van der Waals surface area contributed by atoms with E-state index < -0.39 is 0 Å². The van der Waals surface area contributed by atoms with Gasteiger partial charge in [-0.1, -0.05) is 12.1 Å². The topological polar surface area (TPSA) is 76.1 Å². The molecule has 2 N–H and O–H groups in total. The lowest BCUT2D eigenvalue weighted by molar-refractivity contribution is 0.102. The summed E-state index contributed by atoms with van der Waals surface area (Å²) in [5.74, 6) is 0.874. The van der Waals surface area contributed by atoms with Gasteiger partial charge in [0.05, 0.1) is 6.61 Å². The van der Waals surface area contributed by atoms with E-state index in [1.807, 2.05) is 63.2 Å². The van der Waals surface area contributed by atoms with E-state index in [0.29, 0.717) is 18.2 Å². The van der Waals surface area contributed by atoms with Gasteiger partial charge in [0.15, 0.2) is 0 Å². The molecule has 0 atom stereocenters. The summed E-state index contributed by atoms with van der Waals surface area (Å²) in [4.78, 5) is 21.0. The van der Waals surface area contributed by atoms with Gasteiger partial charge in [0, 0.05) is 17.6 Å². The number of aromatic nitrogens is 2. The van der Waals surface area contributed by atoms with Crippen molar-refractivity contribution in [3.8, 4) is 5.75 Å². The zero-order valence-corrected chi connectivity index (χ0v) is 15.6. The molecule has 1 aromatic heterocycles. The van der Waals surface area contributed by atoms with Gasteiger partial charge in [-0.2, -0.15) is 0 Å². The maximum absolute atomic E-state index is 12.6. The van der Waals surface area contributed by atoms with Crippen LogP contribution >= 0.6 is 0 Å². The van der Waals surface area contributed by atoms with Crippen molar-refractivity contribution in [2.24, 2.45) is 0 Å². The fourth-order valence-electron chi connectivity index (χ4n) is 2.53. The Kier molecular flexibility index (Phi) is 5.66. The molecule has 0 spiro atoms. The van der Waals surface area contributed by atoms with Gasteiger partial charge < -0.3 is 15.4 Å². The van der Waals surface area contributed by atoms with Crippen molar-refractivity contribution in [2.45, 2.75) is 20.8 Å². The molecular weight excluding hydrogens is 340 g/mol. The second kappa shape index (κ2) is 8.31. The molecule has 6 heteroatoms. The van der Waals surface area contributed by atoms with Gasteiger partial charge in [0.1, 0.15) is 11.4 Å². The number of carbonyl (C=O) groups excluding carboxylic acids is 1. The minimum Gasteiger partial charge on any atom is -0.494 e. The highest BCUT2D eigenvalue weighted by molar-refractivity contribution is 6.03. The molecule has 1 amide bonds. The van der Waals surface area contributed by atoms with Crippen molar-refractivity contribution < 1.29 is 9.53 Å². The van der Waals surface area contributed by atoms with Crippen LogP contribution in [0.3, 0.4) is 0 Å². The maximum Gasteiger partial charge on any atom is 0.274 e. The molecule has 2 aromatic carbocycles. The first-order valence-electron chi connectivity index (χ1n) is 8.76. The molecule has 0 bridgehead atoms. The standard InChI is InChI=1S/C21H22N4O2/c1-4-27-17-9-7-16(8-10-17)23-21-22-12-11-18(25-21)20(26)24-19-13-14(2)5-6-15(19)3/h5-13H,4H2,1-3H3,(H,24,26)(H,22,23,25). The summed E-state index contributed by atoms with van der Waals surface area (Å²) in [6, 6.07) is 15.0. The van der Waals surface area contributed by atoms with Crippen LogP contribution in [0.5, 0.6) is 5.75 Å². The SMILES string of the molecule is CCOc1ccc(Nc2nccc(C(=O)Nc3cc(C)ccc3C)n2)cc1. The van der Waals surface area contributed by atoms with E-state index in [2.05, 4.69) is 20.6 Å². The third kappa shape index (κ3) is 4.82. The molecule has 0 aliphatic heterocycles. The largest absolute Gasteiger partial charge is 0.494 e. The average Bonchev–Trinajstić information content (AvgIpc) is 2.67. The molecule has 27 heavy (non-hydrogen) atoms. The van der Waals surface area contributed by atoms with Crippen molar-refractivity contribution in [1.82, 2.24) is 9.97 Å². The van der Waals surface area contributed by atoms with Crippen molar-refractivity contribution >= 4 is 23.2 Å². The minimum absolute atomic E-state index is 0.277. The summed E-state index contributed by atoms with van der Waals surface area (Å²) >= 11 is 0. The number of hydrogen-bond donors (Lipinski definition) is 2. The highest BCUT2D eigenvalue weighted by Crippen LogP contribution is 2.19. The Morgan fingerprint density at radius 1 is 1.07 bits per heavy atom. The van der Waals surface area contributed by atoms with Crippen LogP contribution in [0, 0.1) is 13.8 Å². The van der Waals surface area contributed by atoms with Crippen LogP contribution in [0.25, 0.3) is 0 Å². The Balaban J connectivity index is 1.72. The van der Waals surface area contributed by atoms with Crippen molar-refractivity contribution in [3.63, 3.8) is 0 Å². The number of carbonyl (C=O) groups is 1. The third-order valence-corrected chi connectivity index (χ3v) is 3.95. The molecule has 0 unspecified atom stereocenters. The highest BCUT2D eigenvalue weighted by Gasteiger charge is 2.11. The van der Waals surface area contributed by atoms with Gasteiger partial charge in [-0.25, -0.2) is 9.97 Å². The van der Waals surface area contributed by atoms with E-state index >= 15 is 0 Å². The molecule has 0 saturated heterocycles. The number of nitrogens with one attached hydrogen (secondary N) is 2. The first kappa shape index (κ1) is 18.4. The van der Waals surface area contributed by atoms with Gasteiger partial charge >= 0.3 is 0 Å². The molecule has 0 radical (unpaired) electrons. The maximum atomic E-state index is 12.6. The lowest BCUT2D eigenvalue weighted by Gasteiger charge is -2.10. The first-order chi connectivity index (χ1) is 13.0. The monoisotopic (exact) mass is 362 g/mol. The summed E-state index contributed by atoms with van der Waals surface area (Å²) in [7, 11) is 0. The number of benzene rings is 2. The van der Waals surface area contributed by atoms with Gasteiger partial charge in [0.25, 0.3) is 5.91 Å². The summed E-state index contributed by atoms with van der Waals surface area (Å²) in [6.45, 7) is 6.49. The van der Waals surface area contributed by atoms with E-state index in [1.165, 1.54) is 0 Å². The number of hydrogen-bond acceptors (Lipinski definition) is 5. The molecule has 0 saturated carbocycles. The number of aryl methyl sites for hydroxylation is 2. The Morgan fingerprint density at radius 3 is 2.59 bits per heavy atom. The number of rotatable bonds is 6. The van der Waals surface area contributed by atoms with Gasteiger partial charge in [0.2, 0.25) is 5.95 Å². The Bertz CT molecular complexity index is 939. The molecule has 138 valence electrons. The predicted molar refractivity (Wildman–Crippen MR) is 107 cm³/mol. The second-order valence-corrected chi connectivity index (χ2v) is 6.12. The summed E-state index contributed by atoms with van der Waals surface area (Å²) in [5.41, 5.74) is 3.96. The van der Waals surface area contributed by atoms with E-state index in [-0.39, 0.29) is 5.91 Å². The molecule has 0 fully saturated rings. The Hall–Kier alpha value is -3.41. The van der Waals surface area contributed by atoms with Crippen LogP contribution in [0.4, 0.5) is 17.3 Å². The summed E-state index contributed by atoms with van der Waals surface area (Å²) < 4.78 is 5.42.